The van der Waals surface area contributed by atoms with Crippen molar-refractivity contribution in [2.45, 2.75) is 43.8 Å². The van der Waals surface area contributed by atoms with Gasteiger partial charge in [-0.25, -0.2) is 9.18 Å². The van der Waals surface area contributed by atoms with Crippen LogP contribution in [-0.2, 0) is 11.2 Å². The summed E-state index contributed by atoms with van der Waals surface area (Å²) < 4.78 is 14.6. The summed E-state index contributed by atoms with van der Waals surface area (Å²) in [5.74, 6) is -1.38. The van der Waals surface area contributed by atoms with E-state index < -0.39 is 17.8 Å². The largest absolute Gasteiger partial charge is 0.477 e. The van der Waals surface area contributed by atoms with Crippen molar-refractivity contribution >= 4 is 23.2 Å². The van der Waals surface area contributed by atoms with Crippen LogP contribution in [0.3, 0.4) is 0 Å². The standard InChI is InChI=1S/C21H20FN3O3S/c22-16-9-12(17-5-6-18(29-17)21(27)28)2-1-11(16)7-15(10-23)25-20(26)19-13-3-4-14(8-13)24-19/h1-2,5-6,9,13-15,19,24H,3-4,7-8H2,(H,25,26)(H,27,28). The van der Waals surface area contributed by atoms with E-state index in [1.54, 1.807) is 18.2 Å². The smallest absolute Gasteiger partial charge is 0.345 e. The van der Waals surface area contributed by atoms with E-state index >= 15 is 0 Å². The number of hydrogen-bond donors (Lipinski definition) is 3. The molecule has 1 aromatic heterocycles. The fourth-order valence-electron chi connectivity index (χ4n) is 4.23. The predicted molar refractivity (Wildman–Crippen MR) is 106 cm³/mol. The Labute approximate surface area is 171 Å². The molecule has 1 saturated heterocycles. The minimum absolute atomic E-state index is 0.0694. The molecule has 6 nitrogen and oxygen atoms in total. The van der Waals surface area contributed by atoms with Crippen LogP contribution < -0.4 is 10.6 Å². The number of nitriles is 1. The first-order valence-electron chi connectivity index (χ1n) is 9.52. The predicted octanol–water partition coefficient (Wildman–Crippen LogP) is 2.94. The van der Waals surface area contributed by atoms with Gasteiger partial charge in [-0.15, -0.1) is 11.3 Å². The zero-order valence-electron chi connectivity index (χ0n) is 15.5. The van der Waals surface area contributed by atoms with Crippen LogP contribution in [0.2, 0.25) is 0 Å². The van der Waals surface area contributed by atoms with E-state index in [0.717, 1.165) is 30.6 Å². The first-order valence-corrected chi connectivity index (χ1v) is 10.3. The van der Waals surface area contributed by atoms with Gasteiger partial charge in [0.25, 0.3) is 0 Å². The Kier molecular flexibility index (Phi) is 5.35. The van der Waals surface area contributed by atoms with Crippen molar-refractivity contribution < 1.29 is 19.1 Å². The highest BCUT2D eigenvalue weighted by Gasteiger charge is 2.43. The minimum atomic E-state index is -1.02. The second kappa shape index (κ2) is 7.93. The van der Waals surface area contributed by atoms with Gasteiger partial charge in [0.2, 0.25) is 5.91 Å². The lowest BCUT2D eigenvalue weighted by Crippen LogP contribution is -2.50. The number of halogens is 1. The van der Waals surface area contributed by atoms with Crippen molar-refractivity contribution in [2.75, 3.05) is 0 Å². The number of hydrogen-bond acceptors (Lipinski definition) is 5. The quantitative estimate of drug-likeness (QED) is 0.676. The molecule has 2 fully saturated rings. The summed E-state index contributed by atoms with van der Waals surface area (Å²) >= 11 is 1.07. The fraction of sp³-hybridized carbons (Fsp3) is 0.381. The Balaban J connectivity index is 1.43. The summed E-state index contributed by atoms with van der Waals surface area (Å²) in [5.41, 5.74) is 0.906. The Bertz CT molecular complexity index is 999. The topological polar surface area (TPSA) is 102 Å². The maximum absolute atomic E-state index is 14.6. The monoisotopic (exact) mass is 413 g/mol. The molecule has 0 spiro atoms. The Morgan fingerprint density at radius 1 is 1.34 bits per heavy atom. The van der Waals surface area contributed by atoms with E-state index in [1.165, 1.54) is 12.1 Å². The number of carbonyl (C=O) groups excluding carboxylic acids is 1. The van der Waals surface area contributed by atoms with Crippen molar-refractivity contribution in [2.24, 2.45) is 5.92 Å². The number of piperidine rings is 1. The molecule has 3 N–H and O–H groups in total. The zero-order valence-corrected chi connectivity index (χ0v) is 16.3. The van der Waals surface area contributed by atoms with Crippen LogP contribution in [0.25, 0.3) is 10.4 Å². The summed E-state index contributed by atoms with van der Waals surface area (Å²) in [5, 5.41) is 24.5. The molecule has 2 aliphatic rings. The van der Waals surface area contributed by atoms with Gasteiger partial charge in [0, 0.05) is 17.3 Å². The first-order chi connectivity index (χ1) is 13.9. The SMILES string of the molecule is N#CC(Cc1ccc(-c2ccc(C(=O)O)s2)cc1F)NC(=O)C1NC2CCC1C2. The lowest BCUT2D eigenvalue weighted by atomic mass is 9.98. The number of amides is 1. The summed E-state index contributed by atoms with van der Waals surface area (Å²) in [7, 11) is 0. The van der Waals surface area contributed by atoms with Crippen LogP contribution in [0.15, 0.2) is 30.3 Å². The third-order valence-electron chi connectivity index (χ3n) is 5.69. The highest BCUT2D eigenvalue weighted by atomic mass is 32.1. The van der Waals surface area contributed by atoms with Gasteiger partial charge in [0.1, 0.15) is 16.7 Å². The van der Waals surface area contributed by atoms with E-state index in [1.807, 2.05) is 6.07 Å². The van der Waals surface area contributed by atoms with Crippen LogP contribution in [0.5, 0.6) is 0 Å². The van der Waals surface area contributed by atoms with Gasteiger partial charge >= 0.3 is 5.97 Å². The van der Waals surface area contributed by atoms with Gasteiger partial charge in [0.05, 0.1) is 12.1 Å². The first kappa shape index (κ1) is 19.6. The van der Waals surface area contributed by atoms with Gasteiger partial charge in [-0.2, -0.15) is 5.26 Å². The fourth-order valence-corrected chi connectivity index (χ4v) is 5.08. The third kappa shape index (κ3) is 4.02. The lowest BCUT2D eigenvalue weighted by molar-refractivity contribution is -0.124. The van der Waals surface area contributed by atoms with E-state index in [4.69, 9.17) is 5.11 Å². The second-order valence-corrected chi connectivity index (χ2v) is 8.67. The molecular formula is C21H20FN3O3S. The molecule has 2 aromatic rings. The molecule has 150 valence electrons. The molecule has 4 rings (SSSR count). The maximum atomic E-state index is 14.6. The Morgan fingerprint density at radius 2 is 2.17 bits per heavy atom. The summed E-state index contributed by atoms with van der Waals surface area (Å²) in [6.45, 7) is 0. The molecule has 1 amide bonds. The number of nitrogens with zero attached hydrogens (tertiary/aromatic N) is 1. The number of rotatable bonds is 6. The van der Waals surface area contributed by atoms with Gasteiger partial charge in [-0.05, 0) is 54.5 Å². The van der Waals surface area contributed by atoms with E-state index in [9.17, 15) is 19.2 Å². The maximum Gasteiger partial charge on any atom is 0.345 e. The van der Waals surface area contributed by atoms with Gasteiger partial charge in [-0.3, -0.25) is 4.79 Å². The van der Waals surface area contributed by atoms with E-state index in [0.29, 0.717) is 28.0 Å². The number of carboxylic acids is 1. The van der Waals surface area contributed by atoms with Gasteiger partial charge < -0.3 is 15.7 Å². The Morgan fingerprint density at radius 3 is 2.76 bits per heavy atom. The lowest BCUT2D eigenvalue weighted by Gasteiger charge is -2.23. The van der Waals surface area contributed by atoms with Crippen LogP contribution >= 0.6 is 11.3 Å². The number of thiophene rings is 1. The van der Waals surface area contributed by atoms with Crippen molar-refractivity contribution in [3.8, 4) is 16.5 Å². The average Bonchev–Trinajstić information content (AvgIpc) is 3.45. The molecule has 29 heavy (non-hydrogen) atoms. The number of benzene rings is 1. The summed E-state index contributed by atoms with van der Waals surface area (Å²) in [4.78, 5) is 24.4. The van der Waals surface area contributed by atoms with Crippen molar-refractivity contribution in [1.82, 2.24) is 10.6 Å². The minimum Gasteiger partial charge on any atom is -0.477 e. The van der Waals surface area contributed by atoms with Gasteiger partial charge in [-0.1, -0.05) is 12.1 Å². The molecule has 0 radical (unpaired) electrons. The van der Waals surface area contributed by atoms with E-state index in [-0.39, 0.29) is 23.2 Å². The molecular weight excluding hydrogens is 393 g/mol. The Hall–Kier alpha value is -2.76. The molecule has 4 unspecified atom stereocenters. The number of nitrogens with one attached hydrogen (secondary N) is 2. The molecule has 8 heteroatoms. The van der Waals surface area contributed by atoms with Crippen LogP contribution in [-0.4, -0.2) is 35.1 Å². The average molecular weight is 413 g/mol. The third-order valence-corrected chi connectivity index (χ3v) is 6.82. The van der Waals surface area contributed by atoms with Gasteiger partial charge in [0.15, 0.2) is 0 Å². The molecule has 1 aromatic carbocycles. The second-order valence-electron chi connectivity index (χ2n) is 7.58. The molecule has 2 heterocycles. The highest BCUT2D eigenvalue weighted by Crippen LogP contribution is 2.35. The van der Waals surface area contributed by atoms with Crippen molar-refractivity contribution in [3.05, 3.63) is 46.6 Å². The summed E-state index contributed by atoms with van der Waals surface area (Å²) in [6, 6.07) is 9.10. The normalized spacial score (nSPS) is 23.5. The number of aromatic carboxylic acids is 1. The number of fused-ring (bicyclic) bond motifs is 2. The molecule has 1 saturated carbocycles. The number of carboxylic acid groups (broad SMARTS) is 1. The molecule has 2 bridgehead atoms. The molecule has 4 atom stereocenters. The van der Waals surface area contributed by atoms with E-state index in [2.05, 4.69) is 10.6 Å². The zero-order chi connectivity index (χ0) is 20.5. The van der Waals surface area contributed by atoms with Crippen molar-refractivity contribution in [3.63, 3.8) is 0 Å². The summed E-state index contributed by atoms with van der Waals surface area (Å²) in [6.07, 6.45) is 3.18. The number of carbonyl (C=O) groups is 2. The highest BCUT2D eigenvalue weighted by molar-refractivity contribution is 7.17. The van der Waals surface area contributed by atoms with Crippen molar-refractivity contribution in [1.29, 1.82) is 5.26 Å². The van der Waals surface area contributed by atoms with Crippen LogP contribution in [0.1, 0.15) is 34.5 Å². The van der Waals surface area contributed by atoms with Crippen LogP contribution in [0, 0.1) is 23.1 Å². The molecule has 1 aliphatic carbocycles. The molecule has 1 aliphatic heterocycles. The van der Waals surface area contributed by atoms with Crippen LogP contribution in [0.4, 0.5) is 4.39 Å².